The predicted octanol–water partition coefficient (Wildman–Crippen LogP) is -0.158. The lowest BCUT2D eigenvalue weighted by atomic mass is 10.3. The van der Waals surface area contributed by atoms with Crippen LogP contribution in [0, 0.1) is 0 Å². The van der Waals surface area contributed by atoms with Crippen LogP contribution >= 0.6 is 0 Å². The van der Waals surface area contributed by atoms with Gasteiger partial charge in [0.05, 0.1) is 12.6 Å². The lowest BCUT2D eigenvalue weighted by Crippen LogP contribution is -2.37. The topological polar surface area (TPSA) is 66.6 Å². The average molecular weight is 158 g/mol. The minimum Gasteiger partial charge on any atom is -0.481 e. The molecule has 64 valence electrons. The molecule has 0 aromatic heterocycles. The molecule has 0 saturated carbocycles. The van der Waals surface area contributed by atoms with Crippen LogP contribution in [0.1, 0.15) is 19.3 Å². The molecule has 1 unspecified atom stereocenters. The molecule has 1 saturated heterocycles. The van der Waals surface area contributed by atoms with Crippen LogP contribution in [-0.2, 0) is 4.79 Å². The first-order chi connectivity index (χ1) is 5.20. The van der Waals surface area contributed by atoms with Gasteiger partial charge in [0.2, 0.25) is 0 Å². The first kappa shape index (κ1) is 8.49. The summed E-state index contributed by atoms with van der Waals surface area (Å²) < 4.78 is 0. The summed E-state index contributed by atoms with van der Waals surface area (Å²) in [7, 11) is 0. The molecule has 1 atom stereocenters. The Labute approximate surface area is 66.0 Å². The van der Waals surface area contributed by atoms with Crippen LogP contribution in [0.15, 0.2) is 0 Å². The van der Waals surface area contributed by atoms with Crippen LogP contribution in [0.25, 0.3) is 0 Å². The highest BCUT2D eigenvalue weighted by Crippen LogP contribution is 2.12. The van der Waals surface area contributed by atoms with Crippen molar-refractivity contribution in [1.29, 1.82) is 0 Å². The van der Waals surface area contributed by atoms with Crippen LogP contribution in [0.2, 0.25) is 0 Å². The van der Waals surface area contributed by atoms with E-state index in [-0.39, 0.29) is 12.6 Å². The average Bonchev–Trinajstić information content (AvgIpc) is 2.31. The fourth-order valence-electron chi connectivity index (χ4n) is 1.37. The number of carboxylic acids is 1. The fraction of sp³-hybridized carbons (Fsp3) is 0.857. The Balaban J connectivity index is 2.20. The molecule has 1 fully saturated rings. The molecular formula is C7H14N2O2. The van der Waals surface area contributed by atoms with Crippen LogP contribution in [0.5, 0.6) is 0 Å². The van der Waals surface area contributed by atoms with Crippen LogP contribution in [0.4, 0.5) is 0 Å². The van der Waals surface area contributed by atoms with Gasteiger partial charge in [-0.2, -0.15) is 0 Å². The summed E-state index contributed by atoms with van der Waals surface area (Å²) >= 11 is 0. The highest BCUT2D eigenvalue weighted by molar-refractivity contribution is 5.66. The first-order valence-electron chi connectivity index (χ1n) is 3.91. The Hall–Kier alpha value is -0.610. The highest BCUT2D eigenvalue weighted by atomic mass is 16.4. The SMILES string of the molecule is NC1CCCN1CCC(=O)O. The van der Waals surface area contributed by atoms with E-state index in [1.54, 1.807) is 0 Å². The van der Waals surface area contributed by atoms with Gasteiger partial charge >= 0.3 is 5.97 Å². The zero-order valence-corrected chi connectivity index (χ0v) is 6.49. The van der Waals surface area contributed by atoms with Crippen molar-refractivity contribution in [3.63, 3.8) is 0 Å². The van der Waals surface area contributed by atoms with Gasteiger partial charge in [-0.1, -0.05) is 0 Å². The molecule has 0 aliphatic carbocycles. The Morgan fingerprint density at radius 3 is 2.91 bits per heavy atom. The Bertz CT molecular complexity index is 149. The van der Waals surface area contributed by atoms with E-state index in [0.29, 0.717) is 6.54 Å². The number of hydrogen-bond acceptors (Lipinski definition) is 3. The lowest BCUT2D eigenvalue weighted by Gasteiger charge is -2.18. The Morgan fingerprint density at radius 2 is 2.45 bits per heavy atom. The van der Waals surface area contributed by atoms with Crippen molar-refractivity contribution >= 4 is 5.97 Å². The monoisotopic (exact) mass is 158 g/mol. The van der Waals surface area contributed by atoms with Gasteiger partial charge in [-0.3, -0.25) is 9.69 Å². The Morgan fingerprint density at radius 1 is 1.73 bits per heavy atom. The summed E-state index contributed by atoms with van der Waals surface area (Å²) in [6.45, 7) is 1.55. The van der Waals surface area contributed by atoms with E-state index in [9.17, 15) is 4.79 Å². The maximum atomic E-state index is 10.2. The van der Waals surface area contributed by atoms with E-state index < -0.39 is 5.97 Å². The van der Waals surface area contributed by atoms with Crippen molar-refractivity contribution < 1.29 is 9.90 Å². The van der Waals surface area contributed by atoms with Crippen LogP contribution < -0.4 is 5.73 Å². The molecule has 0 spiro atoms. The summed E-state index contributed by atoms with van der Waals surface area (Å²) in [5.74, 6) is -0.746. The zero-order valence-electron chi connectivity index (χ0n) is 6.49. The van der Waals surface area contributed by atoms with Crippen molar-refractivity contribution in [2.24, 2.45) is 5.73 Å². The molecule has 4 nitrogen and oxygen atoms in total. The van der Waals surface area contributed by atoms with Crippen molar-refractivity contribution in [2.75, 3.05) is 13.1 Å². The summed E-state index contributed by atoms with van der Waals surface area (Å²) in [4.78, 5) is 12.2. The van der Waals surface area contributed by atoms with E-state index >= 15 is 0 Å². The second-order valence-electron chi connectivity index (χ2n) is 2.89. The molecule has 1 rings (SSSR count). The molecule has 3 N–H and O–H groups in total. The van der Waals surface area contributed by atoms with Crippen molar-refractivity contribution in [3.8, 4) is 0 Å². The van der Waals surface area contributed by atoms with E-state index in [2.05, 4.69) is 0 Å². The quantitative estimate of drug-likeness (QED) is 0.599. The molecule has 1 heterocycles. The third-order valence-corrected chi connectivity index (χ3v) is 2.03. The van der Waals surface area contributed by atoms with Gasteiger partial charge in [-0.25, -0.2) is 0 Å². The highest BCUT2D eigenvalue weighted by Gasteiger charge is 2.20. The standard InChI is InChI=1S/C7H14N2O2/c8-6-2-1-4-9(6)5-3-7(10)11/h6H,1-5,8H2,(H,10,11). The number of rotatable bonds is 3. The molecule has 4 heteroatoms. The minimum absolute atomic E-state index is 0.0920. The normalized spacial score (nSPS) is 25.7. The largest absolute Gasteiger partial charge is 0.481 e. The molecule has 1 aliphatic heterocycles. The van der Waals surface area contributed by atoms with Crippen LogP contribution in [0.3, 0.4) is 0 Å². The number of nitrogens with zero attached hydrogens (tertiary/aromatic N) is 1. The second kappa shape index (κ2) is 3.69. The summed E-state index contributed by atoms with van der Waals surface area (Å²) in [5.41, 5.74) is 5.70. The number of likely N-dealkylation sites (tertiary alicyclic amines) is 1. The van der Waals surface area contributed by atoms with E-state index in [0.717, 1.165) is 19.4 Å². The molecule has 0 radical (unpaired) electrons. The second-order valence-corrected chi connectivity index (χ2v) is 2.89. The van der Waals surface area contributed by atoms with E-state index in [1.165, 1.54) is 0 Å². The first-order valence-corrected chi connectivity index (χ1v) is 3.91. The van der Waals surface area contributed by atoms with Gasteiger partial charge in [0.15, 0.2) is 0 Å². The molecule has 0 aromatic carbocycles. The molecule has 11 heavy (non-hydrogen) atoms. The maximum Gasteiger partial charge on any atom is 0.304 e. The van der Waals surface area contributed by atoms with Crippen molar-refractivity contribution in [2.45, 2.75) is 25.4 Å². The van der Waals surface area contributed by atoms with Gasteiger partial charge in [-0.05, 0) is 19.4 Å². The molecular weight excluding hydrogens is 144 g/mol. The number of aliphatic carboxylic acids is 1. The maximum absolute atomic E-state index is 10.2. The van der Waals surface area contributed by atoms with Gasteiger partial charge in [0, 0.05) is 6.54 Å². The van der Waals surface area contributed by atoms with Crippen LogP contribution in [-0.4, -0.2) is 35.2 Å². The number of nitrogens with two attached hydrogens (primary N) is 1. The fourth-order valence-corrected chi connectivity index (χ4v) is 1.37. The van der Waals surface area contributed by atoms with Gasteiger partial charge in [-0.15, -0.1) is 0 Å². The number of hydrogen-bond donors (Lipinski definition) is 2. The van der Waals surface area contributed by atoms with Crippen molar-refractivity contribution in [3.05, 3.63) is 0 Å². The van der Waals surface area contributed by atoms with Gasteiger partial charge in [0.1, 0.15) is 0 Å². The third kappa shape index (κ3) is 2.48. The molecule has 1 aliphatic rings. The Kier molecular flexibility index (Phi) is 2.84. The van der Waals surface area contributed by atoms with E-state index in [1.807, 2.05) is 4.90 Å². The smallest absolute Gasteiger partial charge is 0.304 e. The summed E-state index contributed by atoms with van der Waals surface area (Å²) in [6, 6.07) is 0. The lowest BCUT2D eigenvalue weighted by molar-refractivity contribution is -0.137. The summed E-state index contributed by atoms with van der Waals surface area (Å²) in [6.07, 6.45) is 2.39. The third-order valence-electron chi connectivity index (χ3n) is 2.03. The minimum atomic E-state index is -0.746. The number of carbonyl (C=O) groups is 1. The van der Waals surface area contributed by atoms with Crippen molar-refractivity contribution in [1.82, 2.24) is 4.90 Å². The zero-order chi connectivity index (χ0) is 8.27. The van der Waals surface area contributed by atoms with E-state index in [4.69, 9.17) is 10.8 Å². The van der Waals surface area contributed by atoms with Gasteiger partial charge in [0.25, 0.3) is 0 Å². The molecule has 0 bridgehead atoms. The predicted molar refractivity (Wildman–Crippen MR) is 41.0 cm³/mol. The summed E-state index contributed by atoms with van der Waals surface area (Å²) in [5, 5.41) is 8.39. The molecule has 0 aromatic rings. The number of carboxylic acid groups (broad SMARTS) is 1. The molecule has 0 amide bonds. The van der Waals surface area contributed by atoms with Gasteiger partial charge < -0.3 is 10.8 Å².